The number of benzene rings is 1. The van der Waals surface area contributed by atoms with E-state index in [1.54, 1.807) is 0 Å². The van der Waals surface area contributed by atoms with E-state index in [9.17, 15) is 10.2 Å². The van der Waals surface area contributed by atoms with E-state index in [-0.39, 0.29) is 13.2 Å². The van der Waals surface area contributed by atoms with Crippen LogP contribution in [0, 0.1) is 5.92 Å². The van der Waals surface area contributed by atoms with Crippen LogP contribution in [-0.4, -0.2) is 23.4 Å². The Kier molecular flexibility index (Phi) is 7.78. The van der Waals surface area contributed by atoms with Gasteiger partial charge in [0.15, 0.2) is 0 Å². The van der Waals surface area contributed by atoms with Crippen molar-refractivity contribution in [2.24, 2.45) is 5.92 Å². The van der Waals surface area contributed by atoms with Crippen molar-refractivity contribution in [3.63, 3.8) is 0 Å². The zero-order chi connectivity index (χ0) is 15.0. The minimum absolute atomic E-state index is 0.0191. The average molecular weight is 343 g/mol. The number of aliphatic hydroxyl groups is 2. The molecule has 114 valence electrons. The first-order valence-corrected chi connectivity index (χ1v) is 8.39. The number of halogens is 1. The van der Waals surface area contributed by atoms with E-state index in [1.807, 2.05) is 24.3 Å². The predicted molar refractivity (Wildman–Crippen MR) is 87.9 cm³/mol. The molecule has 0 amide bonds. The van der Waals surface area contributed by atoms with Gasteiger partial charge in [-0.2, -0.15) is 0 Å². The maximum absolute atomic E-state index is 9.94. The van der Waals surface area contributed by atoms with Gasteiger partial charge in [-0.05, 0) is 24.0 Å². The van der Waals surface area contributed by atoms with E-state index in [4.69, 9.17) is 0 Å². The highest BCUT2D eigenvalue weighted by molar-refractivity contribution is 9.10. The fourth-order valence-corrected chi connectivity index (χ4v) is 3.55. The number of rotatable bonds is 9. The normalized spacial score (nSPS) is 13.4. The van der Waals surface area contributed by atoms with Crippen LogP contribution in [0.15, 0.2) is 28.7 Å². The lowest BCUT2D eigenvalue weighted by atomic mass is 9.73. The molecule has 2 nitrogen and oxygen atoms in total. The summed E-state index contributed by atoms with van der Waals surface area (Å²) in [5.41, 5.74) is 0.467. The molecule has 20 heavy (non-hydrogen) atoms. The third-order valence-corrected chi connectivity index (χ3v) is 4.96. The molecule has 2 N–H and O–H groups in total. The molecule has 0 saturated carbocycles. The molecular formula is C17H27BrO2. The Bertz CT molecular complexity index is 388. The van der Waals surface area contributed by atoms with Gasteiger partial charge in [-0.3, -0.25) is 0 Å². The molecule has 0 bridgehead atoms. The molecule has 1 aromatic rings. The third-order valence-electron chi connectivity index (χ3n) is 4.27. The first kappa shape index (κ1) is 17.7. The highest BCUT2D eigenvalue weighted by atomic mass is 79.9. The molecule has 1 atom stereocenters. The first-order chi connectivity index (χ1) is 9.63. The Hall–Kier alpha value is -0.380. The summed E-state index contributed by atoms with van der Waals surface area (Å²) in [5.74, 6) is 0.543. The molecule has 0 radical (unpaired) electrons. The second kappa shape index (κ2) is 8.81. The van der Waals surface area contributed by atoms with Crippen LogP contribution in [0.4, 0.5) is 0 Å². The highest BCUT2D eigenvalue weighted by Crippen LogP contribution is 2.37. The fraction of sp³-hybridized carbons (Fsp3) is 0.647. The molecule has 1 rings (SSSR count). The molecule has 0 spiro atoms. The number of hydrogen-bond acceptors (Lipinski definition) is 2. The number of aliphatic hydroxyl groups excluding tert-OH is 2. The molecule has 0 fully saturated rings. The van der Waals surface area contributed by atoms with E-state index in [2.05, 4.69) is 29.8 Å². The van der Waals surface area contributed by atoms with Crippen molar-refractivity contribution in [3.8, 4) is 0 Å². The third kappa shape index (κ3) is 4.31. The topological polar surface area (TPSA) is 40.5 Å². The Morgan fingerprint density at radius 3 is 2.30 bits per heavy atom. The van der Waals surface area contributed by atoms with Crippen LogP contribution in [0.3, 0.4) is 0 Å². The quantitative estimate of drug-likeness (QED) is 0.703. The summed E-state index contributed by atoms with van der Waals surface area (Å²) in [6.45, 7) is 4.36. The monoisotopic (exact) mass is 342 g/mol. The van der Waals surface area contributed by atoms with E-state index >= 15 is 0 Å². The van der Waals surface area contributed by atoms with Gasteiger partial charge >= 0.3 is 0 Å². The smallest absolute Gasteiger partial charge is 0.0550 e. The van der Waals surface area contributed by atoms with Gasteiger partial charge in [0.25, 0.3) is 0 Å². The van der Waals surface area contributed by atoms with Crippen LogP contribution in [0.5, 0.6) is 0 Å². The van der Waals surface area contributed by atoms with Crippen molar-refractivity contribution in [2.45, 2.75) is 51.4 Å². The summed E-state index contributed by atoms with van der Waals surface area (Å²) in [6.07, 6.45) is 5.49. The Morgan fingerprint density at radius 1 is 1.15 bits per heavy atom. The number of unbranched alkanes of at least 4 members (excludes halogenated alkanes) is 1. The molecule has 0 aromatic heterocycles. The van der Waals surface area contributed by atoms with Gasteiger partial charge < -0.3 is 10.2 Å². The summed E-state index contributed by atoms with van der Waals surface area (Å²) in [4.78, 5) is 0. The molecule has 0 saturated heterocycles. The van der Waals surface area contributed by atoms with Crippen LogP contribution in [0.2, 0.25) is 0 Å². The minimum atomic E-state index is -0.547. The molecule has 3 heteroatoms. The maximum Gasteiger partial charge on any atom is 0.0550 e. The van der Waals surface area contributed by atoms with Gasteiger partial charge in [0, 0.05) is 9.89 Å². The van der Waals surface area contributed by atoms with Crippen LogP contribution in [-0.2, 0) is 5.41 Å². The summed E-state index contributed by atoms with van der Waals surface area (Å²) >= 11 is 3.56. The van der Waals surface area contributed by atoms with Crippen molar-refractivity contribution in [1.29, 1.82) is 0 Å². The van der Waals surface area contributed by atoms with Crippen molar-refractivity contribution < 1.29 is 10.2 Å². The lowest BCUT2D eigenvalue weighted by molar-refractivity contribution is 0.0917. The van der Waals surface area contributed by atoms with Gasteiger partial charge in [0.2, 0.25) is 0 Å². The predicted octanol–water partition coefficient (Wildman–Crippen LogP) is 4.28. The Morgan fingerprint density at radius 2 is 1.80 bits per heavy atom. The second-order valence-electron chi connectivity index (χ2n) is 5.70. The molecule has 1 unspecified atom stereocenters. The largest absolute Gasteiger partial charge is 0.395 e. The van der Waals surface area contributed by atoms with E-state index in [0.717, 1.165) is 22.9 Å². The van der Waals surface area contributed by atoms with Gasteiger partial charge in [-0.25, -0.2) is 0 Å². The minimum Gasteiger partial charge on any atom is -0.395 e. The molecule has 0 aliphatic rings. The van der Waals surface area contributed by atoms with Crippen molar-refractivity contribution >= 4 is 15.9 Å². The lowest BCUT2D eigenvalue weighted by Gasteiger charge is -2.34. The van der Waals surface area contributed by atoms with Crippen LogP contribution >= 0.6 is 15.9 Å². The van der Waals surface area contributed by atoms with Gasteiger partial charge in [0.1, 0.15) is 0 Å². The average Bonchev–Trinajstić information content (AvgIpc) is 2.49. The van der Waals surface area contributed by atoms with Gasteiger partial charge in [-0.15, -0.1) is 0 Å². The van der Waals surface area contributed by atoms with Crippen LogP contribution in [0.1, 0.15) is 51.5 Å². The zero-order valence-corrected chi connectivity index (χ0v) is 14.2. The van der Waals surface area contributed by atoms with Gasteiger partial charge in [0.05, 0.1) is 13.2 Å². The standard InChI is InChI=1S/C17H27BrO2/c1-3-5-8-14(4-2)11-17(12-19,13-20)15-9-6-7-10-16(15)18/h6-7,9-10,14,19-20H,3-5,8,11-13H2,1-2H3. The Balaban J connectivity index is 2.99. The molecule has 0 aliphatic heterocycles. The summed E-state index contributed by atoms with van der Waals surface area (Å²) < 4.78 is 0.966. The molecular weight excluding hydrogens is 316 g/mol. The van der Waals surface area contributed by atoms with E-state index in [0.29, 0.717) is 5.92 Å². The van der Waals surface area contributed by atoms with Crippen LogP contribution < -0.4 is 0 Å². The first-order valence-electron chi connectivity index (χ1n) is 7.60. The number of hydrogen-bond donors (Lipinski definition) is 2. The van der Waals surface area contributed by atoms with Crippen molar-refractivity contribution in [2.75, 3.05) is 13.2 Å². The summed E-state index contributed by atoms with van der Waals surface area (Å²) in [6, 6.07) is 7.90. The lowest BCUT2D eigenvalue weighted by Crippen LogP contribution is -2.37. The van der Waals surface area contributed by atoms with E-state index < -0.39 is 5.41 Å². The molecule has 1 aromatic carbocycles. The molecule has 0 aliphatic carbocycles. The maximum atomic E-state index is 9.94. The fourth-order valence-electron chi connectivity index (χ4n) is 2.85. The zero-order valence-electron chi connectivity index (χ0n) is 12.6. The highest BCUT2D eigenvalue weighted by Gasteiger charge is 2.34. The van der Waals surface area contributed by atoms with Crippen molar-refractivity contribution in [3.05, 3.63) is 34.3 Å². The van der Waals surface area contributed by atoms with Gasteiger partial charge in [-0.1, -0.05) is 73.7 Å². The Labute approximate surface area is 131 Å². The molecule has 0 heterocycles. The van der Waals surface area contributed by atoms with Crippen molar-refractivity contribution in [1.82, 2.24) is 0 Å². The van der Waals surface area contributed by atoms with E-state index in [1.165, 1.54) is 19.3 Å². The SMILES string of the molecule is CCCCC(CC)CC(CO)(CO)c1ccccc1Br. The summed E-state index contributed by atoms with van der Waals surface area (Å²) in [5, 5.41) is 19.9. The van der Waals surface area contributed by atoms with Crippen LogP contribution in [0.25, 0.3) is 0 Å². The second-order valence-corrected chi connectivity index (χ2v) is 6.55. The summed E-state index contributed by atoms with van der Waals surface area (Å²) in [7, 11) is 0.